The second kappa shape index (κ2) is 8.35. The van der Waals surface area contributed by atoms with E-state index in [1.165, 1.54) is 0 Å². The molecule has 0 saturated heterocycles. The number of fused-ring (bicyclic) bond motifs is 1. The Bertz CT molecular complexity index is 892. The summed E-state index contributed by atoms with van der Waals surface area (Å²) in [6.07, 6.45) is 3.06. The van der Waals surface area contributed by atoms with Crippen molar-refractivity contribution in [2.75, 3.05) is 12.1 Å². The fourth-order valence-corrected chi connectivity index (χ4v) is 3.22. The highest BCUT2D eigenvalue weighted by atomic mass is 35.5. The average Bonchev–Trinajstić information content (AvgIpc) is 3.08. The SMILES string of the molecule is CCC/C(=C\c1c(C)cccc1NCc1cc2c(cc1Cl)OCO2)C(=O)O. The van der Waals surface area contributed by atoms with Crippen LogP contribution in [0, 0.1) is 6.92 Å². The predicted octanol–water partition coefficient (Wildman–Crippen LogP) is 5.26. The first kappa shape index (κ1) is 19.1. The van der Waals surface area contributed by atoms with Gasteiger partial charge in [-0.15, -0.1) is 0 Å². The third-order valence-electron chi connectivity index (χ3n) is 4.45. The molecule has 0 saturated carbocycles. The average molecular weight is 388 g/mol. The minimum Gasteiger partial charge on any atom is -0.478 e. The van der Waals surface area contributed by atoms with E-state index < -0.39 is 5.97 Å². The molecule has 2 aromatic rings. The van der Waals surface area contributed by atoms with Gasteiger partial charge in [0.25, 0.3) is 0 Å². The van der Waals surface area contributed by atoms with Crippen molar-refractivity contribution < 1.29 is 19.4 Å². The van der Waals surface area contributed by atoms with E-state index in [0.29, 0.717) is 35.1 Å². The van der Waals surface area contributed by atoms with Crippen molar-refractivity contribution in [1.82, 2.24) is 0 Å². The van der Waals surface area contributed by atoms with Gasteiger partial charge in [0.2, 0.25) is 6.79 Å². The lowest BCUT2D eigenvalue weighted by atomic mass is 10.0. The Morgan fingerprint density at radius 2 is 2.04 bits per heavy atom. The van der Waals surface area contributed by atoms with Crippen LogP contribution in [0.4, 0.5) is 5.69 Å². The molecule has 0 aliphatic carbocycles. The van der Waals surface area contributed by atoms with E-state index in [9.17, 15) is 9.90 Å². The van der Waals surface area contributed by atoms with E-state index in [-0.39, 0.29) is 6.79 Å². The Kier molecular flexibility index (Phi) is 5.91. The molecular weight excluding hydrogens is 366 g/mol. The number of nitrogens with one attached hydrogen (secondary N) is 1. The van der Waals surface area contributed by atoms with Gasteiger partial charge in [0, 0.05) is 34.5 Å². The maximum atomic E-state index is 11.5. The molecule has 1 heterocycles. The number of aryl methyl sites for hydroxylation is 1. The lowest BCUT2D eigenvalue weighted by molar-refractivity contribution is -0.132. The Balaban J connectivity index is 1.87. The highest BCUT2D eigenvalue weighted by Gasteiger charge is 2.17. The van der Waals surface area contributed by atoms with E-state index in [4.69, 9.17) is 21.1 Å². The third-order valence-corrected chi connectivity index (χ3v) is 4.80. The van der Waals surface area contributed by atoms with Crippen molar-refractivity contribution >= 4 is 29.3 Å². The molecule has 0 amide bonds. The van der Waals surface area contributed by atoms with Crippen LogP contribution in [0.2, 0.25) is 5.02 Å². The number of rotatable bonds is 7. The number of aliphatic carboxylic acids is 1. The monoisotopic (exact) mass is 387 g/mol. The molecule has 142 valence electrons. The quantitative estimate of drug-likeness (QED) is 0.634. The Morgan fingerprint density at radius 1 is 1.30 bits per heavy atom. The molecule has 0 bridgehead atoms. The molecule has 0 unspecified atom stereocenters. The first-order valence-electron chi connectivity index (χ1n) is 8.85. The van der Waals surface area contributed by atoms with Gasteiger partial charge >= 0.3 is 5.97 Å². The Morgan fingerprint density at radius 3 is 2.74 bits per heavy atom. The maximum absolute atomic E-state index is 11.5. The van der Waals surface area contributed by atoms with Crippen LogP contribution >= 0.6 is 11.6 Å². The first-order valence-corrected chi connectivity index (χ1v) is 9.22. The molecular formula is C21H22ClNO4. The summed E-state index contributed by atoms with van der Waals surface area (Å²) >= 11 is 6.35. The summed E-state index contributed by atoms with van der Waals surface area (Å²) in [6, 6.07) is 9.46. The van der Waals surface area contributed by atoms with Crippen LogP contribution in [0.25, 0.3) is 6.08 Å². The van der Waals surface area contributed by atoms with Crippen LogP contribution in [0.5, 0.6) is 11.5 Å². The summed E-state index contributed by atoms with van der Waals surface area (Å²) < 4.78 is 10.7. The molecule has 0 atom stereocenters. The standard InChI is InChI=1S/C21H22ClNO4/c1-3-5-14(21(24)25)8-16-13(2)6-4-7-18(16)23-11-15-9-19-20(10-17(15)22)27-12-26-19/h4,6-10,23H,3,5,11-12H2,1-2H3,(H,24,25)/b14-8+. The number of anilines is 1. The zero-order chi connectivity index (χ0) is 19.4. The van der Waals surface area contributed by atoms with Gasteiger partial charge < -0.3 is 19.9 Å². The lowest BCUT2D eigenvalue weighted by Gasteiger charge is -2.14. The zero-order valence-electron chi connectivity index (χ0n) is 15.3. The van der Waals surface area contributed by atoms with E-state index in [1.54, 1.807) is 12.1 Å². The molecule has 0 fully saturated rings. The number of carbonyl (C=O) groups is 1. The van der Waals surface area contributed by atoms with Crippen molar-refractivity contribution in [2.45, 2.75) is 33.2 Å². The zero-order valence-corrected chi connectivity index (χ0v) is 16.1. The van der Waals surface area contributed by atoms with E-state index >= 15 is 0 Å². The van der Waals surface area contributed by atoms with Crippen LogP contribution in [0.15, 0.2) is 35.9 Å². The van der Waals surface area contributed by atoms with Crippen molar-refractivity contribution in [3.8, 4) is 11.5 Å². The maximum Gasteiger partial charge on any atom is 0.331 e. The smallest absolute Gasteiger partial charge is 0.331 e. The van der Waals surface area contributed by atoms with E-state index in [1.807, 2.05) is 38.1 Å². The number of halogens is 1. The summed E-state index contributed by atoms with van der Waals surface area (Å²) in [6.45, 7) is 4.62. The molecule has 3 rings (SSSR count). The second-order valence-corrected chi connectivity index (χ2v) is 6.82. The van der Waals surface area contributed by atoms with E-state index in [0.717, 1.165) is 28.8 Å². The van der Waals surface area contributed by atoms with Gasteiger partial charge in [0.15, 0.2) is 11.5 Å². The highest BCUT2D eigenvalue weighted by Crippen LogP contribution is 2.37. The molecule has 2 aromatic carbocycles. The number of hydrogen-bond acceptors (Lipinski definition) is 4. The minimum atomic E-state index is -0.884. The Labute approximate surface area is 163 Å². The molecule has 1 aliphatic heterocycles. The van der Waals surface area contributed by atoms with Crippen LogP contribution in [-0.2, 0) is 11.3 Å². The van der Waals surface area contributed by atoms with Gasteiger partial charge in [0.05, 0.1) is 0 Å². The summed E-state index contributed by atoms with van der Waals surface area (Å²) in [5, 5.41) is 13.4. The predicted molar refractivity (Wildman–Crippen MR) is 107 cm³/mol. The van der Waals surface area contributed by atoms with Gasteiger partial charge in [-0.05, 0) is 42.7 Å². The van der Waals surface area contributed by atoms with Crippen molar-refractivity contribution in [3.05, 3.63) is 57.6 Å². The number of carboxylic acids is 1. The van der Waals surface area contributed by atoms with Crippen LogP contribution in [0.3, 0.4) is 0 Å². The van der Waals surface area contributed by atoms with Gasteiger partial charge in [-0.1, -0.05) is 37.1 Å². The number of carboxylic acid groups (broad SMARTS) is 1. The highest BCUT2D eigenvalue weighted by molar-refractivity contribution is 6.31. The van der Waals surface area contributed by atoms with Crippen LogP contribution in [0.1, 0.15) is 36.5 Å². The van der Waals surface area contributed by atoms with Crippen molar-refractivity contribution in [1.29, 1.82) is 0 Å². The van der Waals surface area contributed by atoms with Crippen molar-refractivity contribution in [2.24, 2.45) is 0 Å². The van der Waals surface area contributed by atoms with E-state index in [2.05, 4.69) is 5.32 Å². The molecule has 0 aromatic heterocycles. The molecule has 27 heavy (non-hydrogen) atoms. The first-order chi connectivity index (χ1) is 13.0. The molecule has 2 N–H and O–H groups in total. The van der Waals surface area contributed by atoms with Gasteiger partial charge in [-0.25, -0.2) is 4.79 Å². The normalized spacial score (nSPS) is 12.9. The van der Waals surface area contributed by atoms with Gasteiger partial charge in [0.1, 0.15) is 0 Å². The topological polar surface area (TPSA) is 67.8 Å². The number of benzene rings is 2. The minimum absolute atomic E-state index is 0.199. The fourth-order valence-electron chi connectivity index (χ4n) is 3.00. The summed E-state index contributed by atoms with van der Waals surface area (Å²) in [5.41, 5.74) is 4.02. The molecule has 6 heteroatoms. The van der Waals surface area contributed by atoms with Crippen molar-refractivity contribution in [3.63, 3.8) is 0 Å². The van der Waals surface area contributed by atoms with Crippen LogP contribution in [-0.4, -0.2) is 17.9 Å². The second-order valence-electron chi connectivity index (χ2n) is 6.41. The fraction of sp³-hybridized carbons (Fsp3) is 0.286. The summed E-state index contributed by atoms with van der Waals surface area (Å²) in [7, 11) is 0. The third kappa shape index (κ3) is 4.37. The molecule has 0 spiro atoms. The summed E-state index contributed by atoms with van der Waals surface area (Å²) in [4.78, 5) is 11.5. The number of hydrogen-bond donors (Lipinski definition) is 2. The largest absolute Gasteiger partial charge is 0.478 e. The lowest BCUT2D eigenvalue weighted by Crippen LogP contribution is -2.05. The Hall–Kier alpha value is -2.66. The van der Waals surface area contributed by atoms with Crippen LogP contribution < -0.4 is 14.8 Å². The molecule has 5 nitrogen and oxygen atoms in total. The molecule has 0 radical (unpaired) electrons. The number of ether oxygens (including phenoxy) is 2. The van der Waals surface area contributed by atoms with Gasteiger partial charge in [-0.2, -0.15) is 0 Å². The molecule has 1 aliphatic rings. The van der Waals surface area contributed by atoms with Gasteiger partial charge in [-0.3, -0.25) is 0 Å². The summed E-state index contributed by atoms with van der Waals surface area (Å²) in [5.74, 6) is 0.440.